The van der Waals surface area contributed by atoms with E-state index < -0.39 is 6.04 Å². The van der Waals surface area contributed by atoms with E-state index >= 15 is 0 Å². The minimum Gasteiger partial charge on any atom is -0.497 e. The van der Waals surface area contributed by atoms with E-state index in [1.54, 1.807) is 47.7 Å². The highest BCUT2D eigenvalue weighted by Gasteiger charge is 2.34. The molecule has 4 heterocycles. The van der Waals surface area contributed by atoms with Gasteiger partial charge in [0, 0.05) is 11.9 Å². The number of aromatic nitrogens is 4. The maximum absolute atomic E-state index is 13.4. The number of allylic oxidation sites excluding steroid dienone is 1. The number of rotatable bonds is 5. The van der Waals surface area contributed by atoms with Crippen molar-refractivity contribution in [2.45, 2.75) is 13.0 Å². The van der Waals surface area contributed by atoms with Crippen molar-refractivity contribution < 1.29 is 9.53 Å². The lowest BCUT2D eigenvalue weighted by Crippen LogP contribution is -2.31. The van der Waals surface area contributed by atoms with Crippen LogP contribution >= 0.6 is 11.3 Å². The van der Waals surface area contributed by atoms with E-state index in [0.717, 1.165) is 16.2 Å². The summed E-state index contributed by atoms with van der Waals surface area (Å²) in [5.74, 6) is 1.71. The Hall–Kier alpha value is -3.98. The van der Waals surface area contributed by atoms with E-state index in [2.05, 4.69) is 20.6 Å². The van der Waals surface area contributed by atoms with Crippen LogP contribution in [0.2, 0.25) is 0 Å². The maximum atomic E-state index is 13.4. The highest BCUT2D eigenvalue weighted by molar-refractivity contribution is 7.13. The molecule has 8 nitrogen and oxygen atoms in total. The first-order valence-corrected chi connectivity index (χ1v) is 10.9. The van der Waals surface area contributed by atoms with Gasteiger partial charge in [0.25, 0.3) is 5.91 Å². The van der Waals surface area contributed by atoms with Gasteiger partial charge in [-0.25, -0.2) is 4.68 Å². The van der Waals surface area contributed by atoms with E-state index in [-0.39, 0.29) is 5.91 Å². The van der Waals surface area contributed by atoms with Crippen molar-refractivity contribution in [3.05, 3.63) is 83.1 Å². The van der Waals surface area contributed by atoms with Crippen LogP contribution in [0.15, 0.2) is 77.6 Å². The Morgan fingerprint density at radius 3 is 2.72 bits per heavy atom. The van der Waals surface area contributed by atoms with Crippen LogP contribution in [0.25, 0.3) is 10.7 Å². The first-order valence-electron chi connectivity index (χ1n) is 9.97. The molecule has 0 bridgehead atoms. The van der Waals surface area contributed by atoms with Gasteiger partial charge in [-0.3, -0.25) is 9.78 Å². The van der Waals surface area contributed by atoms with Crippen molar-refractivity contribution in [3.8, 4) is 16.5 Å². The Balaban J connectivity index is 1.60. The number of fused-ring (bicyclic) bond motifs is 1. The topological polar surface area (TPSA) is 94.0 Å². The molecule has 0 radical (unpaired) electrons. The Morgan fingerprint density at radius 1 is 1.19 bits per heavy atom. The van der Waals surface area contributed by atoms with E-state index in [4.69, 9.17) is 9.84 Å². The van der Waals surface area contributed by atoms with Crippen molar-refractivity contribution in [2.24, 2.45) is 0 Å². The molecule has 0 unspecified atom stereocenters. The van der Waals surface area contributed by atoms with E-state index in [0.29, 0.717) is 28.7 Å². The summed E-state index contributed by atoms with van der Waals surface area (Å²) >= 11 is 1.57. The van der Waals surface area contributed by atoms with E-state index in [1.807, 2.05) is 48.7 Å². The normalized spacial score (nSPS) is 15.1. The summed E-state index contributed by atoms with van der Waals surface area (Å²) in [6.45, 7) is 1.87. The Morgan fingerprint density at radius 2 is 2.03 bits per heavy atom. The van der Waals surface area contributed by atoms with Gasteiger partial charge in [0.1, 0.15) is 11.8 Å². The molecule has 9 heteroatoms. The molecule has 3 aromatic heterocycles. The molecule has 1 aromatic carbocycles. The summed E-state index contributed by atoms with van der Waals surface area (Å²) in [4.78, 5) is 23.1. The van der Waals surface area contributed by atoms with Crippen molar-refractivity contribution in [2.75, 3.05) is 17.7 Å². The molecule has 0 aliphatic carbocycles. The fourth-order valence-corrected chi connectivity index (χ4v) is 4.34. The lowest BCUT2D eigenvalue weighted by molar-refractivity contribution is -0.113. The monoisotopic (exact) mass is 444 g/mol. The highest BCUT2D eigenvalue weighted by Crippen LogP contribution is 2.37. The standard InChI is InChI=1S/C23H20N6O2S/c1-14-19(22(30)26-16-5-3-11-24-13-16)20(15-7-9-17(31-2)10-8-15)29-23(25-14)27-21(28-29)18-6-4-12-32-18/h3-13,20H,1-2H3,(H,26,30)(H,25,27,28)/t20-/m0/s1. The summed E-state index contributed by atoms with van der Waals surface area (Å²) in [7, 11) is 1.62. The molecule has 1 atom stereocenters. The second kappa shape index (κ2) is 8.27. The average molecular weight is 445 g/mol. The van der Waals surface area contributed by atoms with Crippen LogP contribution in [-0.2, 0) is 4.79 Å². The molecule has 0 fully saturated rings. The van der Waals surface area contributed by atoms with Gasteiger partial charge in [0.2, 0.25) is 5.95 Å². The van der Waals surface area contributed by atoms with Crippen molar-refractivity contribution in [1.82, 2.24) is 19.7 Å². The van der Waals surface area contributed by atoms with Gasteiger partial charge in [-0.1, -0.05) is 18.2 Å². The van der Waals surface area contributed by atoms with Crippen molar-refractivity contribution >= 4 is 28.9 Å². The molecule has 32 heavy (non-hydrogen) atoms. The van der Waals surface area contributed by atoms with Gasteiger partial charge in [0.15, 0.2) is 5.82 Å². The Kier molecular flexibility index (Phi) is 5.16. The van der Waals surface area contributed by atoms with Crippen LogP contribution in [0.5, 0.6) is 5.75 Å². The number of ether oxygens (including phenoxy) is 1. The van der Waals surface area contributed by atoms with Crippen LogP contribution in [0.3, 0.4) is 0 Å². The molecule has 160 valence electrons. The predicted octanol–water partition coefficient (Wildman–Crippen LogP) is 4.34. The molecule has 4 aromatic rings. The molecule has 1 amide bonds. The van der Waals surface area contributed by atoms with Crippen molar-refractivity contribution in [1.29, 1.82) is 0 Å². The van der Waals surface area contributed by atoms with Gasteiger partial charge >= 0.3 is 0 Å². The Bertz CT molecular complexity index is 1280. The number of amides is 1. The number of carbonyl (C=O) groups is 1. The van der Waals surface area contributed by atoms with Crippen molar-refractivity contribution in [3.63, 3.8) is 0 Å². The first kappa shape index (κ1) is 20.0. The zero-order valence-electron chi connectivity index (χ0n) is 17.4. The first-order chi connectivity index (χ1) is 15.6. The van der Waals surface area contributed by atoms with Crippen LogP contribution < -0.4 is 15.4 Å². The zero-order valence-corrected chi connectivity index (χ0v) is 18.3. The number of nitrogens with zero attached hydrogens (tertiary/aromatic N) is 4. The molecular formula is C23H20N6O2S. The maximum Gasteiger partial charge on any atom is 0.255 e. The number of nitrogens with one attached hydrogen (secondary N) is 2. The lowest BCUT2D eigenvalue weighted by atomic mass is 9.95. The molecule has 0 saturated heterocycles. The quantitative estimate of drug-likeness (QED) is 0.476. The number of thiophene rings is 1. The number of hydrogen-bond acceptors (Lipinski definition) is 7. The van der Waals surface area contributed by atoms with Gasteiger partial charge in [-0.05, 0) is 48.2 Å². The number of carbonyl (C=O) groups excluding carboxylic acids is 1. The summed E-state index contributed by atoms with van der Waals surface area (Å²) < 4.78 is 7.08. The molecule has 2 N–H and O–H groups in total. The SMILES string of the molecule is COc1ccc([C@H]2C(C(=O)Nc3cccnc3)=C(C)Nc3nc(-c4cccs4)nn32)cc1. The Labute approximate surface area is 188 Å². The minimum atomic E-state index is -0.463. The van der Waals surface area contributed by atoms with E-state index in [9.17, 15) is 4.79 Å². The number of anilines is 2. The predicted molar refractivity (Wildman–Crippen MR) is 124 cm³/mol. The molecule has 1 aliphatic heterocycles. The smallest absolute Gasteiger partial charge is 0.255 e. The molecular weight excluding hydrogens is 424 g/mol. The third kappa shape index (κ3) is 3.63. The second-order valence-corrected chi connectivity index (χ2v) is 8.16. The van der Waals surface area contributed by atoms with Crippen LogP contribution in [0, 0.1) is 0 Å². The van der Waals surface area contributed by atoms with Crippen LogP contribution in [0.1, 0.15) is 18.5 Å². The second-order valence-electron chi connectivity index (χ2n) is 7.22. The number of pyridine rings is 1. The molecule has 0 saturated carbocycles. The molecule has 1 aliphatic rings. The molecule has 0 spiro atoms. The summed E-state index contributed by atoms with van der Waals surface area (Å²) in [6, 6.07) is 14.7. The van der Waals surface area contributed by atoms with Gasteiger partial charge in [0.05, 0.1) is 29.4 Å². The van der Waals surface area contributed by atoms with Crippen LogP contribution in [-0.4, -0.2) is 32.8 Å². The number of hydrogen-bond donors (Lipinski definition) is 2. The highest BCUT2D eigenvalue weighted by atomic mass is 32.1. The summed E-state index contributed by atoms with van der Waals surface area (Å²) in [6.07, 6.45) is 3.28. The van der Waals surface area contributed by atoms with Crippen LogP contribution in [0.4, 0.5) is 11.6 Å². The summed E-state index contributed by atoms with van der Waals surface area (Å²) in [5, 5.41) is 12.9. The van der Waals surface area contributed by atoms with E-state index in [1.165, 1.54) is 0 Å². The number of benzene rings is 1. The zero-order chi connectivity index (χ0) is 22.1. The fraction of sp³-hybridized carbons (Fsp3) is 0.130. The van der Waals surface area contributed by atoms with Gasteiger partial charge in [-0.15, -0.1) is 16.4 Å². The third-order valence-electron chi connectivity index (χ3n) is 5.19. The van der Waals surface area contributed by atoms with Gasteiger partial charge < -0.3 is 15.4 Å². The largest absolute Gasteiger partial charge is 0.497 e. The number of methoxy groups -OCH3 is 1. The minimum absolute atomic E-state index is 0.234. The van der Waals surface area contributed by atoms with Gasteiger partial charge in [-0.2, -0.15) is 4.98 Å². The summed E-state index contributed by atoms with van der Waals surface area (Å²) in [5.41, 5.74) is 2.78. The molecule has 5 rings (SSSR count). The fourth-order valence-electron chi connectivity index (χ4n) is 3.68. The average Bonchev–Trinajstić information content (AvgIpc) is 3.49. The lowest BCUT2D eigenvalue weighted by Gasteiger charge is -2.28. The third-order valence-corrected chi connectivity index (χ3v) is 6.06.